The first-order chi connectivity index (χ1) is 65.6. The summed E-state index contributed by atoms with van der Waals surface area (Å²) in [6.45, 7) is 0. The van der Waals surface area contributed by atoms with Crippen LogP contribution in [-0.4, -0.2) is 0 Å². The Kier molecular flexibility index (Phi) is 20.7. The number of para-hydroxylation sites is 4. The molecule has 0 radical (unpaired) electrons. The standard InChI is InChI=1S/C49H33N.C43H31N.C37H27N/c1-3-16-34(17-4-1)35-30-32-37(33-31-35)50(46-28-14-10-20-38(46)36-18-5-2-6-19-36)47-29-15-27-45-48(47)41-23-9-13-26-44(41)49(45)42-24-11-7-21-39(42)40-22-8-12-25-43(40)49;1-5-16-32(17-6-1)33-28-30-37(31-29-33)44(36-22-11-4-12-23-36)41-27-15-26-40-42(41)38-24-13-14-25-39(38)43(40,34-18-7-2-8-19-34)35-20-9-3-10-21-35;1-5-16-28(17-6-1)37(29-18-7-2-8-19-29)33-25-14-13-24-32(33)36-34(37)26-15-27-35(36)38(30-20-9-3-10-21-30)31-22-11-4-12-23-31/h1-33H;1-31H;1-27H. The minimum Gasteiger partial charge on any atom is -0.310 e. The summed E-state index contributed by atoms with van der Waals surface area (Å²) in [5, 5.41) is 0. The Morgan fingerprint density at radius 1 is 0.114 bits per heavy atom. The average molecular weight is 1680 g/mol. The number of fused-ring (bicyclic) bond motifs is 16. The third-order valence-electron chi connectivity index (χ3n) is 27.4. The Labute approximate surface area is 773 Å². The van der Waals surface area contributed by atoms with Gasteiger partial charge in [-0.05, 0) is 207 Å². The molecule has 0 saturated carbocycles. The van der Waals surface area contributed by atoms with Crippen LogP contribution in [0.4, 0.5) is 51.2 Å². The second kappa shape index (κ2) is 34.3. The maximum Gasteiger partial charge on any atom is 0.0726 e. The minimum absolute atomic E-state index is 0.406. The maximum atomic E-state index is 2.48. The number of rotatable bonds is 16. The van der Waals surface area contributed by atoms with Crippen molar-refractivity contribution in [2.75, 3.05) is 14.7 Å². The lowest BCUT2D eigenvalue weighted by Crippen LogP contribution is -2.28. The molecule has 0 heterocycles. The van der Waals surface area contributed by atoms with Crippen LogP contribution in [0.15, 0.2) is 552 Å². The highest BCUT2D eigenvalue weighted by Gasteiger charge is 2.54. The second-order valence-corrected chi connectivity index (χ2v) is 34.3. The first-order valence-corrected chi connectivity index (χ1v) is 45.7. The van der Waals surface area contributed by atoms with E-state index in [0.29, 0.717) is 0 Å². The molecule has 0 atom stereocenters. The third-order valence-corrected chi connectivity index (χ3v) is 27.4. The highest BCUT2D eigenvalue weighted by molar-refractivity contribution is 6.04. The van der Waals surface area contributed by atoms with E-state index in [4.69, 9.17) is 0 Å². The predicted molar refractivity (Wildman–Crippen MR) is 551 cm³/mol. The summed E-state index contributed by atoms with van der Waals surface area (Å²) in [4.78, 5) is 7.29. The fourth-order valence-corrected chi connectivity index (χ4v) is 22.0. The van der Waals surface area contributed by atoms with Crippen molar-refractivity contribution in [1.29, 1.82) is 0 Å². The van der Waals surface area contributed by atoms with Crippen molar-refractivity contribution in [3.8, 4) is 77.9 Å². The molecule has 0 unspecified atom stereocenters. The summed E-state index contributed by atoms with van der Waals surface area (Å²) in [5.74, 6) is 0. The quantitative estimate of drug-likeness (QED) is 0.0955. The summed E-state index contributed by atoms with van der Waals surface area (Å²) < 4.78 is 0. The van der Waals surface area contributed by atoms with E-state index in [1.165, 1.54) is 162 Å². The number of hydrogen-bond acceptors (Lipinski definition) is 3. The molecule has 0 fully saturated rings. The smallest absolute Gasteiger partial charge is 0.0726 e. The third kappa shape index (κ3) is 13.3. The van der Waals surface area contributed by atoms with Crippen molar-refractivity contribution in [3.63, 3.8) is 0 Å². The van der Waals surface area contributed by atoms with Crippen LogP contribution in [0.3, 0.4) is 0 Å². The highest BCUT2D eigenvalue weighted by Crippen LogP contribution is 2.67. The van der Waals surface area contributed by atoms with Gasteiger partial charge >= 0.3 is 0 Å². The minimum atomic E-state index is -0.440. The number of hydrogen-bond donors (Lipinski definition) is 0. The van der Waals surface area contributed by atoms with Gasteiger partial charge in [0.25, 0.3) is 0 Å². The van der Waals surface area contributed by atoms with Crippen LogP contribution in [0, 0.1) is 0 Å². The van der Waals surface area contributed by atoms with Gasteiger partial charge in [-0.3, -0.25) is 0 Å². The van der Waals surface area contributed by atoms with Crippen LogP contribution in [0.5, 0.6) is 0 Å². The molecule has 3 nitrogen and oxygen atoms in total. The van der Waals surface area contributed by atoms with Crippen molar-refractivity contribution in [2.45, 2.75) is 16.2 Å². The average Bonchev–Trinajstić information content (AvgIpc) is 1.50. The van der Waals surface area contributed by atoms with Gasteiger partial charge in [0.1, 0.15) is 0 Å². The Bertz CT molecular complexity index is 7540. The molecule has 3 heteroatoms. The first kappa shape index (κ1) is 79.6. The zero-order valence-electron chi connectivity index (χ0n) is 72.9. The second-order valence-electron chi connectivity index (χ2n) is 34.3. The molecule has 132 heavy (non-hydrogen) atoms. The summed E-state index contributed by atoms with van der Waals surface area (Å²) >= 11 is 0. The van der Waals surface area contributed by atoms with Gasteiger partial charge in [0, 0.05) is 50.7 Å². The molecule has 21 aromatic carbocycles. The van der Waals surface area contributed by atoms with Crippen molar-refractivity contribution in [3.05, 3.63) is 619 Å². The monoisotopic (exact) mass is 1680 g/mol. The number of anilines is 9. The van der Waals surface area contributed by atoms with E-state index in [-0.39, 0.29) is 0 Å². The zero-order valence-corrected chi connectivity index (χ0v) is 72.9. The highest BCUT2D eigenvalue weighted by atomic mass is 15.2. The van der Waals surface area contributed by atoms with Crippen LogP contribution in [0.1, 0.15) is 66.8 Å². The van der Waals surface area contributed by atoms with Gasteiger partial charge in [0.15, 0.2) is 0 Å². The van der Waals surface area contributed by atoms with Gasteiger partial charge in [0.05, 0.1) is 39.0 Å². The zero-order chi connectivity index (χ0) is 87.8. The largest absolute Gasteiger partial charge is 0.310 e. The lowest BCUT2D eigenvalue weighted by atomic mass is 9.68. The van der Waals surface area contributed by atoms with Crippen LogP contribution in [0.25, 0.3) is 77.9 Å². The van der Waals surface area contributed by atoms with E-state index in [1.54, 1.807) is 0 Å². The van der Waals surface area contributed by atoms with Crippen LogP contribution >= 0.6 is 0 Å². The Morgan fingerprint density at radius 2 is 0.318 bits per heavy atom. The van der Waals surface area contributed by atoms with Crippen LogP contribution < -0.4 is 14.7 Å². The molecule has 0 aromatic heterocycles. The molecule has 25 rings (SSSR count). The summed E-state index contributed by atoms with van der Waals surface area (Å²) in [6, 6.07) is 200. The van der Waals surface area contributed by atoms with Gasteiger partial charge in [-0.2, -0.15) is 0 Å². The molecule has 4 aliphatic carbocycles. The van der Waals surface area contributed by atoms with Crippen LogP contribution in [-0.2, 0) is 16.2 Å². The van der Waals surface area contributed by atoms with E-state index >= 15 is 0 Å². The lowest BCUT2D eigenvalue weighted by molar-refractivity contribution is 0.768. The van der Waals surface area contributed by atoms with Crippen molar-refractivity contribution < 1.29 is 0 Å². The lowest BCUT2D eigenvalue weighted by Gasteiger charge is -2.34. The van der Waals surface area contributed by atoms with Gasteiger partial charge in [0.2, 0.25) is 0 Å². The normalized spacial score (nSPS) is 12.9. The fraction of sp³-hybridized carbons (Fsp3) is 0.0233. The molecule has 0 aliphatic heterocycles. The first-order valence-electron chi connectivity index (χ1n) is 45.7. The van der Waals surface area contributed by atoms with Gasteiger partial charge in [-0.25, -0.2) is 0 Å². The summed E-state index contributed by atoms with van der Waals surface area (Å²) in [6.07, 6.45) is 0. The van der Waals surface area contributed by atoms with Gasteiger partial charge in [-0.1, -0.05) is 467 Å². The van der Waals surface area contributed by atoms with Crippen molar-refractivity contribution >= 4 is 51.2 Å². The van der Waals surface area contributed by atoms with Crippen molar-refractivity contribution in [1.82, 2.24) is 0 Å². The Hall–Kier alpha value is -17.0. The SMILES string of the molecule is c1ccc(-c2ccc(N(c3ccccc3)c3cccc4c3-c3ccccc3C4(c3ccccc3)c3ccccc3)cc2)cc1.c1ccc(-c2ccc(N(c3ccccc3-c3ccccc3)c3cccc4c3-c3ccccc3C43c4ccccc4-c4ccccc43)cc2)cc1.c1ccc(N(c2ccccc2)c2cccc3c2-c2ccccc2C3(c2ccccc2)c2ccccc2)cc1. The molecule has 622 valence electrons. The predicted octanol–water partition coefficient (Wildman–Crippen LogP) is 33.5. The van der Waals surface area contributed by atoms with Gasteiger partial charge in [-0.15, -0.1) is 0 Å². The molecule has 1 spiro atoms. The van der Waals surface area contributed by atoms with E-state index < -0.39 is 16.2 Å². The number of nitrogens with zero attached hydrogens (tertiary/aromatic N) is 3. The van der Waals surface area contributed by atoms with E-state index in [2.05, 4.69) is 567 Å². The molecular formula is C129H91N3. The van der Waals surface area contributed by atoms with E-state index in [9.17, 15) is 0 Å². The molecule has 0 amide bonds. The maximum absolute atomic E-state index is 2.48. The molecule has 0 N–H and O–H groups in total. The topological polar surface area (TPSA) is 9.72 Å². The van der Waals surface area contributed by atoms with Crippen molar-refractivity contribution in [2.24, 2.45) is 0 Å². The molecule has 21 aromatic rings. The fourth-order valence-electron chi connectivity index (χ4n) is 22.0. The summed E-state index contributed by atoms with van der Waals surface area (Å²) in [5.41, 5.74) is 42.3. The molecular weight excluding hydrogens is 1590 g/mol. The van der Waals surface area contributed by atoms with Gasteiger partial charge < -0.3 is 14.7 Å². The van der Waals surface area contributed by atoms with Crippen LogP contribution in [0.2, 0.25) is 0 Å². The Morgan fingerprint density at radius 3 is 0.652 bits per heavy atom. The van der Waals surface area contributed by atoms with E-state index in [1.807, 2.05) is 0 Å². The van der Waals surface area contributed by atoms with E-state index in [0.717, 1.165) is 34.1 Å². The molecule has 4 aliphatic rings. The number of benzene rings is 21. The summed E-state index contributed by atoms with van der Waals surface area (Å²) in [7, 11) is 0. The Balaban J connectivity index is 0.000000113. The molecule has 0 saturated heterocycles. The molecule has 0 bridgehead atoms.